The molecule has 0 fully saturated rings. The molecule has 0 unspecified atom stereocenters. The van der Waals surface area contributed by atoms with Crippen LogP contribution in [0.25, 0.3) is 22.2 Å². The van der Waals surface area contributed by atoms with Gasteiger partial charge in [0.25, 0.3) is 5.91 Å². The number of hydrogen-bond acceptors (Lipinski definition) is 2. The summed E-state index contributed by atoms with van der Waals surface area (Å²) in [5.41, 5.74) is 7.53. The Morgan fingerprint density at radius 2 is 1.72 bits per heavy atom. The quantitative estimate of drug-likeness (QED) is 0.449. The van der Waals surface area contributed by atoms with E-state index in [4.69, 9.17) is 4.98 Å². The number of aryl methyl sites for hydroxylation is 2. The maximum Gasteiger partial charge on any atom is 0.256 e. The van der Waals surface area contributed by atoms with E-state index in [2.05, 4.69) is 24.4 Å². The highest BCUT2D eigenvalue weighted by molar-refractivity contribution is 6.13. The highest BCUT2D eigenvalue weighted by Gasteiger charge is 2.16. The monoisotopic (exact) mass is 380 g/mol. The summed E-state index contributed by atoms with van der Waals surface area (Å²) in [6.45, 7) is 6.19. The third kappa shape index (κ3) is 3.77. The molecule has 0 spiro atoms. The molecule has 0 bridgehead atoms. The van der Waals surface area contributed by atoms with Crippen LogP contribution in [0, 0.1) is 13.8 Å². The average Bonchev–Trinajstić information content (AvgIpc) is 2.76. The van der Waals surface area contributed by atoms with Gasteiger partial charge in [-0.2, -0.15) is 0 Å². The van der Waals surface area contributed by atoms with Crippen molar-refractivity contribution in [3.05, 3.63) is 95.1 Å². The van der Waals surface area contributed by atoms with Crippen LogP contribution in [-0.2, 0) is 6.42 Å². The second kappa shape index (κ2) is 7.88. The Balaban J connectivity index is 1.86. The molecule has 144 valence electrons. The van der Waals surface area contributed by atoms with Gasteiger partial charge in [-0.15, -0.1) is 0 Å². The lowest BCUT2D eigenvalue weighted by atomic mass is 10.0. The maximum absolute atomic E-state index is 13.3. The molecule has 0 aliphatic heterocycles. The Kier molecular flexibility index (Phi) is 5.13. The normalized spacial score (nSPS) is 10.9. The first-order valence-corrected chi connectivity index (χ1v) is 9.93. The van der Waals surface area contributed by atoms with E-state index in [1.165, 1.54) is 5.56 Å². The van der Waals surface area contributed by atoms with Crippen LogP contribution >= 0.6 is 0 Å². The van der Waals surface area contributed by atoms with Crippen molar-refractivity contribution in [2.75, 3.05) is 5.32 Å². The Morgan fingerprint density at radius 3 is 2.48 bits per heavy atom. The maximum atomic E-state index is 13.3. The minimum Gasteiger partial charge on any atom is -0.322 e. The zero-order chi connectivity index (χ0) is 20.4. The van der Waals surface area contributed by atoms with Crippen LogP contribution in [0.15, 0.2) is 72.8 Å². The number of benzene rings is 3. The highest BCUT2D eigenvalue weighted by atomic mass is 16.1. The lowest BCUT2D eigenvalue weighted by Gasteiger charge is -2.14. The SMILES string of the molecule is CCc1ccc2nc(-c3ccccc3)cc(C(=O)Nc3cccc(C)c3C)c2c1. The summed E-state index contributed by atoms with van der Waals surface area (Å²) in [5.74, 6) is -0.114. The fraction of sp³-hybridized carbons (Fsp3) is 0.154. The first kappa shape index (κ1) is 18.9. The van der Waals surface area contributed by atoms with Crippen LogP contribution < -0.4 is 5.32 Å². The predicted octanol–water partition coefficient (Wildman–Crippen LogP) is 6.33. The van der Waals surface area contributed by atoms with Crippen molar-refractivity contribution in [1.82, 2.24) is 4.98 Å². The minimum atomic E-state index is -0.114. The van der Waals surface area contributed by atoms with Crippen LogP contribution in [0.5, 0.6) is 0 Å². The van der Waals surface area contributed by atoms with Gasteiger partial charge in [0.05, 0.1) is 16.8 Å². The van der Waals surface area contributed by atoms with Gasteiger partial charge in [-0.05, 0) is 61.2 Å². The van der Waals surface area contributed by atoms with E-state index in [0.717, 1.165) is 45.4 Å². The van der Waals surface area contributed by atoms with Crippen LogP contribution in [-0.4, -0.2) is 10.9 Å². The summed E-state index contributed by atoms with van der Waals surface area (Å²) in [7, 11) is 0. The largest absolute Gasteiger partial charge is 0.322 e. The Hall–Kier alpha value is -3.46. The number of pyridine rings is 1. The molecule has 0 radical (unpaired) electrons. The number of nitrogens with one attached hydrogen (secondary N) is 1. The van der Waals surface area contributed by atoms with Crippen molar-refractivity contribution in [3.8, 4) is 11.3 Å². The van der Waals surface area contributed by atoms with E-state index in [1.54, 1.807) is 0 Å². The molecule has 0 saturated carbocycles. The van der Waals surface area contributed by atoms with Gasteiger partial charge in [0.15, 0.2) is 0 Å². The molecule has 29 heavy (non-hydrogen) atoms. The Labute approximate surface area is 171 Å². The molecule has 4 rings (SSSR count). The van der Waals surface area contributed by atoms with E-state index < -0.39 is 0 Å². The van der Waals surface area contributed by atoms with Crippen LogP contribution in [0.3, 0.4) is 0 Å². The van der Waals surface area contributed by atoms with E-state index in [1.807, 2.05) is 74.5 Å². The molecular weight excluding hydrogens is 356 g/mol. The molecule has 0 aliphatic carbocycles. The van der Waals surface area contributed by atoms with Crippen molar-refractivity contribution >= 4 is 22.5 Å². The summed E-state index contributed by atoms with van der Waals surface area (Å²) in [6.07, 6.45) is 0.911. The lowest BCUT2D eigenvalue weighted by molar-refractivity contribution is 0.102. The number of aromatic nitrogens is 1. The van der Waals surface area contributed by atoms with Gasteiger partial charge in [0, 0.05) is 16.6 Å². The number of anilines is 1. The molecule has 4 aromatic rings. The van der Waals surface area contributed by atoms with Crippen molar-refractivity contribution in [2.45, 2.75) is 27.2 Å². The molecule has 3 nitrogen and oxygen atoms in total. The number of hydrogen-bond donors (Lipinski definition) is 1. The van der Waals surface area contributed by atoms with Crippen molar-refractivity contribution < 1.29 is 4.79 Å². The molecule has 0 saturated heterocycles. The molecule has 1 amide bonds. The third-order valence-electron chi connectivity index (χ3n) is 5.45. The summed E-state index contributed by atoms with van der Waals surface area (Å²) in [5, 5.41) is 3.99. The van der Waals surface area contributed by atoms with Gasteiger partial charge in [-0.25, -0.2) is 4.98 Å². The highest BCUT2D eigenvalue weighted by Crippen LogP contribution is 2.27. The molecule has 0 aliphatic rings. The predicted molar refractivity (Wildman–Crippen MR) is 120 cm³/mol. The smallest absolute Gasteiger partial charge is 0.256 e. The fourth-order valence-electron chi connectivity index (χ4n) is 3.51. The van der Waals surface area contributed by atoms with Gasteiger partial charge >= 0.3 is 0 Å². The number of amides is 1. The topological polar surface area (TPSA) is 42.0 Å². The zero-order valence-corrected chi connectivity index (χ0v) is 17.0. The number of carbonyl (C=O) groups is 1. The number of rotatable bonds is 4. The second-order valence-corrected chi connectivity index (χ2v) is 7.33. The molecule has 3 aromatic carbocycles. The van der Waals surface area contributed by atoms with E-state index in [0.29, 0.717) is 5.56 Å². The van der Waals surface area contributed by atoms with Gasteiger partial charge in [0.1, 0.15) is 0 Å². The van der Waals surface area contributed by atoms with Crippen LogP contribution in [0.1, 0.15) is 34.0 Å². The van der Waals surface area contributed by atoms with Gasteiger partial charge < -0.3 is 5.32 Å². The molecule has 1 N–H and O–H groups in total. The lowest BCUT2D eigenvalue weighted by Crippen LogP contribution is -2.14. The van der Waals surface area contributed by atoms with Gasteiger partial charge in [0.2, 0.25) is 0 Å². The zero-order valence-electron chi connectivity index (χ0n) is 17.0. The van der Waals surface area contributed by atoms with Crippen molar-refractivity contribution in [1.29, 1.82) is 0 Å². The fourth-order valence-corrected chi connectivity index (χ4v) is 3.51. The number of fused-ring (bicyclic) bond motifs is 1. The van der Waals surface area contributed by atoms with Crippen LogP contribution in [0.2, 0.25) is 0 Å². The van der Waals surface area contributed by atoms with Crippen molar-refractivity contribution in [3.63, 3.8) is 0 Å². The first-order chi connectivity index (χ1) is 14.1. The standard InChI is InChI=1S/C26H24N2O/c1-4-19-13-14-24-21(15-19)22(16-25(27-24)20-10-6-5-7-11-20)26(29)28-23-12-8-9-17(2)18(23)3/h5-16H,4H2,1-3H3,(H,28,29). The summed E-state index contributed by atoms with van der Waals surface area (Å²) in [6, 6.07) is 24.0. The Morgan fingerprint density at radius 1 is 0.931 bits per heavy atom. The number of nitrogens with zero attached hydrogens (tertiary/aromatic N) is 1. The molecule has 3 heteroatoms. The molecular formula is C26H24N2O. The third-order valence-corrected chi connectivity index (χ3v) is 5.45. The molecule has 1 heterocycles. The summed E-state index contributed by atoms with van der Waals surface area (Å²) < 4.78 is 0. The molecule has 0 atom stereocenters. The van der Waals surface area contributed by atoms with E-state index in [-0.39, 0.29) is 5.91 Å². The summed E-state index contributed by atoms with van der Waals surface area (Å²) in [4.78, 5) is 18.2. The second-order valence-electron chi connectivity index (χ2n) is 7.33. The van der Waals surface area contributed by atoms with Gasteiger partial charge in [-0.3, -0.25) is 4.79 Å². The first-order valence-electron chi connectivity index (χ1n) is 9.93. The van der Waals surface area contributed by atoms with Gasteiger partial charge in [-0.1, -0.05) is 55.5 Å². The minimum absolute atomic E-state index is 0.114. The van der Waals surface area contributed by atoms with Crippen molar-refractivity contribution in [2.24, 2.45) is 0 Å². The van der Waals surface area contributed by atoms with Crippen LogP contribution in [0.4, 0.5) is 5.69 Å². The number of carbonyl (C=O) groups excluding carboxylic acids is 1. The van der Waals surface area contributed by atoms with E-state index >= 15 is 0 Å². The summed E-state index contributed by atoms with van der Waals surface area (Å²) >= 11 is 0. The Bertz CT molecular complexity index is 1200. The van der Waals surface area contributed by atoms with E-state index in [9.17, 15) is 4.79 Å². The average molecular weight is 380 g/mol. The molecule has 1 aromatic heterocycles.